The number of hydrogen-bond donors (Lipinski definition) is 3. The van der Waals surface area contributed by atoms with Gasteiger partial charge >= 0.3 is 18.3 Å². The highest BCUT2D eigenvalue weighted by Crippen LogP contribution is 2.38. The zero-order valence-electron chi connectivity index (χ0n) is 26.7. The van der Waals surface area contributed by atoms with Gasteiger partial charge in [-0.3, -0.25) is 9.59 Å². The van der Waals surface area contributed by atoms with E-state index in [4.69, 9.17) is 4.74 Å². The number of alkyl halides is 5. The van der Waals surface area contributed by atoms with E-state index < -0.39 is 79.0 Å². The van der Waals surface area contributed by atoms with E-state index in [1.54, 1.807) is 37.5 Å². The van der Waals surface area contributed by atoms with Crippen molar-refractivity contribution in [3.8, 4) is 0 Å². The molecule has 1 saturated heterocycles. The minimum atomic E-state index is -4.61. The number of aromatic nitrogens is 2. The molecule has 5 amide bonds. The summed E-state index contributed by atoms with van der Waals surface area (Å²) in [5, 5.41) is 7.23. The molecule has 0 aromatic carbocycles. The summed E-state index contributed by atoms with van der Waals surface area (Å²) in [4.78, 5) is 58.5. The number of rotatable bonds is 7. The molecule has 2 aliphatic heterocycles. The van der Waals surface area contributed by atoms with Gasteiger partial charge in [0.15, 0.2) is 0 Å². The van der Waals surface area contributed by atoms with Crippen molar-refractivity contribution in [1.82, 2.24) is 30.0 Å². The average Bonchev–Trinajstić information content (AvgIpc) is 3.58. The lowest BCUT2D eigenvalue weighted by atomic mass is 9.81. The fraction of sp³-hybridized carbons (Fsp3) is 0.581. The van der Waals surface area contributed by atoms with Crippen LogP contribution in [0.15, 0.2) is 30.5 Å². The minimum Gasteiger partial charge on any atom is -0.444 e. The van der Waals surface area contributed by atoms with Crippen LogP contribution >= 0.6 is 0 Å². The van der Waals surface area contributed by atoms with Crippen molar-refractivity contribution in [3.05, 3.63) is 47.4 Å². The number of pyridine rings is 1. The standard InChI is InChI=1S/C31H38F5N7O5/c1-29(2,3)48-28(47)41-12-13-43-20(16-41)4-5-21(43)25(44)40-24(19-6-9-30(32,33)10-7-19)26(45)39-23-14-18(8-11-37-23)15-42-17-22(31(34,35)36)38-27(42)46/h4-5,8,11,14,19,22,24H,6-7,9-10,12-13,15-17H2,1-3H3,(H,38,46)(H,40,44)(H,37,39,45)/t22-,24-/m0/s1. The molecule has 0 radical (unpaired) electrons. The topological polar surface area (TPSA) is 138 Å². The Bertz CT molecular complexity index is 1550. The number of carbonyl (C=O) groups is 4. The predicted octanol–water partition coefficient (Wildman–Crippen LogP) is 4.65. The number of carbonyl (C=O) groups excluding carboxylic acids is 4. The Morgan fingerprint density at radius 1 is 1.10 bits per heavy atom. The molecule has 0 bridgehead atoms. The Hall–Kier alpha value is -4.44. The summed E-state index contributed by atoms with van der Waals surface area (Å²) in [6.45, 7) is 5.26. The molecule has 0 unspecified atom stereocenters. The Morgan fingerprint density at radius 2 is 1.81 bits per heavy atom. The summed E-state index contributed by atoms with van der Waals surface area (Å²) in [5.74, 6) is -4.81. The van der Waals surface area contributed by atoms with Gasteiger partial charge in [-0.1, -0.05) is 0 Å². The van der Waals surface area contributed by atoms with Gasteiger partial charge < -0.3 is 35.1 Å². The Balaban J connectivity index is 1.29. The maximum atomic E-state index is 14.0. The van der Waals surface area contributed by atoms with Gasteiger partial charge in [-0.25, -0.2) is 23.4 Å². The highest BCUT2D eigenvalue weighted by atomic mass is 19.4. The molecule has 48 heavy (non-hydrogen) atoms. The van der Waals surface area contributed by atoms with Crippen molar-refractivity contribution in [2.75, 3.05) is 18.4 Å². The number of ether oxygens (including phenoxy) is 1. The van der Waals surface area contributed by atoms with Crippen LogP contribution in [0.5, 0.6) is 0 Å². The van der Waals surface area contributed by atoms with Gasteiger partial charge in [0.1, 0.15) is 29.2 Å². The molecule has 12 nitrogen and oxygen atoms in total. The molecule has 2 atom stereocenters. The van der Waals surface area contributed by atoms with Crippen LogP contribution in [0.3, 0.4) is 0 Å². The SMILES string of the molecule is CC(C)(C)OC(=O)N1CCn2c(ccc2C(=O)N[C@H](C(=O)Nc2cc(CN3C[C@@H](C(F)(F)F)NC3=O)ccn2)C2CCC(F)(F)CC2)C1. The van der Waals surface area contributed by atoms with Crippen LogP contribution in [0.1, 0.15) is 68.2 Å². The monoisotopic (exact) mass is 683 g/mol. The Morgan fingerprint density at radius 3 is 2.46 bits per heavy atom. The van der Waals surface area contributed by atoms with Crippen LogP contribution in [-0.4, -0.2) is 86.2 Å². The van der Waals surface area contributed by atoms with Crippen LogP contribution in [0.2, 0.25) is 0 Å². The summed E-state index contributed by atoms with van der Waals surface area (Å²) in [6, 6.07) is 2.01. The van der Waals surface area contributed by atoms with Crippen molar-refractivity contribution in [2.45, 2.75) is 95.9 Å². The number of amides is 5. The lowest BCUT2D eigenvalue weighted by molar-refractivity contribution is -0.149. The highest BCUT2D eigenvalue weighted by Gasteiger charge is 2.47. The molecular formula is C31H38F5N7O5. The van der Waals surface area contributed by atoms with Crippen LogP contribution < -0.4 is 16.0 Å². The molecule has 4 heterocycles. The van der Waals surface area contributed by atoms with Crippen LogP contribution in [0, 0.1) is 5.92 Å². The second kappa shape index (κ2) is 13.2. The third-order valence-corrected chi connectivity index (χ3v) is 8.54. The van der Waals surface area contributed by atoms with E-state index in [1.165, 1.54) is 23.2 Å². The fourth-order valence-corrected chi connectivity index (χ4v) is 6.07. The van der Waals surface area contributed by atoms with Gasteiger partial charge in [-0.2, -0.15) is 13.2 Å². The van der Waals surface area contributed by atoms with Crippen LogP contribution in [-0.2, 0) is 29.2 Å². The van der Waals surface area contributed by atoms with E-state index in [0.29, 0.717) is 11.3 Å². The van der Waals surface area contributed by atoms with E-state index >= 15 is 0 Å². The molecule has 2 aromatic heterocycles. The average molecular weight is 684 g/mol. The molecule has 3 N–H and O–H groups in total. The van der Waals surface area contributed by atoms with Crippen LogP contribution in [0.4, 0.5) is 37.4 Å². The minimum absolute atomic E-state index is 0.00663. The number of anilines is 1. The van der Waals surface area contributed by atoms with Gasteiger partial charge in [0.25, 0.3) is 5.91 Å². The molecular weight excluding hydrogens is 645 g/mol. The number of fused-ring (bicyclic) bond motifs is 1. The Labute approximate surface area is 273 Å². The lowest BCUT2D eigenvalue weighted by Gasteiger charge is -2.34. The second-order valence-corrected chi connectivity index (χ2v) is 13.4. The number of nitrogens with one attached hydrogen (secondary N) is 3. The normalized spacial score (nSPS) is 20.5. The first-order chi connectivity index (χ1) is 22.4. The van der Waals surface area contributed by atoms with E-state index in [1.807, 2.05) is 5.32 Å². The first-order valence-corrected chi connectivity index (χ1v) is 15.6. The van der Waals surface area contributed by atoms with Crippen molar-refractivity contribution in [2.24, 2.45) is 5.92 Å². The van der Waals surface area contributed by atoms with Gasteiger partial charge in [0.05, 0.1) is 13.1 Å². The van der Waals surface area contributed by atoms with Crippen molar-refractivity contribution >= 4 is 29.8 Å². The highest BCUT2D eigenvalue weighted by molar-refractivity contribution is 6.00. The smallest absolute Gasteiger partial charge is 0.410 e. The van der Waals surface area contributed by atoms with Gasteiger partial charge in [0, 0.05) is 44.4 Å². The molecule has 3 aliphatic rings. The van der Waals surface area contributed by atoms with E-state index in [-0.39, 0.29) is 50.5 Å². The summed E-state index contributed by atoms with van der Waals surface area (Å²) in [7, 11) is 0. The predicted molar refractivity (Wildman–Crippen MR) is 161 cm³/mol. The number of hydrogen-bond acceptors (Lipinski definition) is 6. The first-order valence-electron chi connectivity index (χ1n) is 15.6. The Kier molecular flexibility index (Phi) is 9.61. The van der Waals surface area contributed by atoms with E-state index in [2.05, 4.69) is 15.6 Å². The summed E-state index contributed by atoms with van der Waals surface area (Å²) >= 11 is 0. The van der Waals surface area contributed by atoms with E-state index in [0.717, 1.165) is 4.90 Å². The fourth-order valence-electron chi connectivity index (χ4n) is 6.07. The zero-order valence-corrected chi connectivity index (χ0v) is 26.7. The van der Waals surface area contributed by atoms with Crippen molar-refractivity contribution in [1.29, 1.82) is 0 Å². The third-order valence-electron chi connectivity index (χ3n) is 8.54. The van der Waals surface area contributed by atoms with Gasteiger partial charge in [-0.15, -0.1) is 0 Å². The maximum absolute atomic E-state index is 14.0. The quantitative estimate of drug-likeness (QED) is 0.364. The third kappa shape index (κ3) is 8.34. The molecule has 1 saturated carbocycles. The summed E-state index contributed by atoms with van der Waals surface area (Å²) < 4.78 is 74.5. The molecule has 0 spiro atoms. The molecule has 2 aromatic rings. The largest absolute Gasteiger partial charge is 0.444 e. The molecule has 5 rings (SSSR count). The van der Waals surface area contributed by atoms with Crippen LogP contribution in [0.25, 0.3) is 0 Å². The maximum Gasteiger partial charge on any atom is 0.410 e. The van der Waals surface area contributed by atoms with Gasteiger partial charge in [-0.05, 0) is 69.4 Å². The molecule has 262 valence electrons. The summed E-state index contributed by atoms with van der Waals surface area (Å²) in [6.07, 6.45) is -4.75. The van der Waals surface area contributed by atoms with Crippen molar-refractivity contribution < 1.29 is 45.9 Å². The van der Waals surface area contributed by atoms with Crippen molar-refractivity contribution in [3.63, 3.8) is 0 Å². The number of nitrogens with zero attached hydrogens (tertiary/aromatic N) is 4. The first kappa shape index (κ1) is 34.9. The van der Waals surface area contributed by atoms with Gasteiger partial charge in [0.2, 0.25) is 11.8 Å². The summed E-state index contributed by atoms with van der Waals surface area (Å²) in [5.41, 5.74) is 0.608. The number of halogens is 5. The zero-order chi connectivity index (χ0) is 35.0. The lowest BCUT2D eigenvalue weighted by Crippen LogP contribution is -2.50. The van der Waals surface area contributed by atoms with E-state index in [9.17, 15) is 41.1 Å². The number of urea groups is 1. The molecule has 1 aliphatic carbocycles. The second-order valence-electron chi connectivity index (χ2n) is 13.4. The molecule has 17 heteroatoms. The molecule has 2 fully saturated rings.